The number of morpholine rings is 1. The number of nitrogens with zero attached hydrogens (tertiary/aromatic N) is 2. The van der Waals surface area contributed by atoms with Gasteiger partial charge >= 0.3 is 0 Å². The fraction of sp³-hybridized carbons (Fsp3) is 0.308. The molecular weight excluding hydrogens is 216 g/mol. The van der Waals surface area contributed by atoms with E-state index in [-0.39, 0.29) is 0 Å². The third-order valence-electron chi connectivity index (χ3n) is 2.94. The smallest absolute Gasteiger partial charge is 0.181 e. The van der Waals surface area contributed by atoms with Gasteiger partial charge in [-0.25, -0.2) is 4.98 Å². The highest BCUT2D eigenvalue weighted by molar-refractivity contribution is 5.64. The lowest BCUT2D eigenvalue weighted by molar-refractivity contribution is 0.122. The highest BCUT2D eigenvalue weighted by atomic mass is 16.5. The molecule has 1 fully saturated rings. The molecule has 0 saturated carbocycles. The van der Waals surface area contributed by atoms with E-state index in [1.807, 2.05) is 12.1 Å². The molecule has 2 aromatic rings. The van der Waals surface area contributed by atoms with Gasteiger partial charge in [0.05, 0.1) is 19.4 Å². The molecule has 0 N–H and O–H groups in total. The maximum Gasteiger partial charge on any atom is 0.181 e. The maximum absolute atomic E-state index is 5.35. The van der Waals surface area contributed by atoms with E-state index in [0.29, 0.717) is 0 Å². The van der Waals surface area contributed by atoms with Gasteiger partial charge < -0.3 is 14.1 Å². The Hall–Kier alpha value is -1.81. The average Bonchev–Trinajstić information content (AvgIpc) is 2.94. The first-order valence-corrected chi connectivity index (χ1v) is 5.75. The molecule has 3 rings (SSSR count). The predicted octanol–water partition coefficient (Wildman–Crippen LogP) is 2.18. The summed E-state index contributed by atoms with van der Waals surface area (Å²) in [5, 5.41) is 0. The van der Waals surface area contributed by atoms with E-state index in [1.165, 1.54) is 12.1 Å². The van der Waals surface area contributed by atoms with Crippen LogP contribution >= 0.6 is 0 Å². The first kappa shape index (κ1) is 10.4. The van der Waals surface area contributed by atoms with Crippen molar-refractivity contribution in [2.45, 2.75) is 0 Å². The normalized spacial score (nSPS) is 16.1. The number of aromatic nitrogens is 1. The molecule has 0 radical (unpaired) electrons. The SMILES string of the molecule is c1cc(-c2cnco2)cc(N2CCOCC2)c1. The molecule has 0 amide bonds. The van der Waals surface area contributed by atoms with E-state index in [1.54, 1.807) is 6.20 Å². The highest BCUT2D eigenvalue weighted by Crippen LogP contribution is 2.24. The second-order valence-corrected chi connectivity index (χ2v) is 4.02. The van der Waals surface area contributed by atoms with Crippen molar-refractivity contribution in [2.75, 3.05) is 31.2 Å². The van der Waals surface area contributed by atoms with Gasteiger partial charge in [0.2, 0.25) is 0 Å². The summed E-state index contributed by atoms with van der Waals surface area (Å²) in [5.74, 6) is 0.806. The second kappa shape index (κ2) is 4.59. The van der Waals surface area contributed by atoms with E-state index < -0.39 is 0 Å². The van der Waals surface area contributed by atoms with Gasteiger partial charge in [0, 0.05) is 24.3 Å². The Morgan fingerprint density at radius 2 is 2.06 bits per heavy atom. The molecule has 1 aliphatic rings. The molecule has 0 atom stereocenters. The summed E-state index contributed by atoms with van der Waals surface area (Å²) < 4.78 is 10.7. The Kier molecular flexibility index (Phi) is 2.80. The summed E-state index contributed by atoms with van der Waals surface area (Å²) in [5.41, 5.74) is 2.27. The van der Waals surface area contributed by atoms with E-state index in [9.17, 15) is 0 Å². The number of benzene rings is 1. The standard InChI is InChI=1S/C13H14N2O2/c1-2-11(13-9-14-10-17-13)8-12(3-1)15-4-6-16-7-5-15/h1-3,8-10H,4-7H2. The van der Waals surface area contributed by atoms with E-state index in [0.717, 1.165) is 37.6 Å². The Morgan fingerprint density at radius 3 is 2.82 bits per heavy atom. The average molecular weight is 230 g/mol. The van der Waals surface area contributed by atoms with Crippen LogP contribution in [0.1, 0.15) is 0 Å². The molecule has 1 aromatic heterocycles. The summed E-state index contributed by atoms with van der Waals surface area (Å²) in [7, 11) is 0. The fourth-order valence-electron chi connectivity index (χ4n) is 2.04. The minimum atomic E-state index is 0.798. The van der Waals surface area contributed by atoms with Gasteiger partial charge in [0.25, 0.3) is 0 Å². The second-order valence-electron chi connectivity index (χ2n) is 4.02. The van der Waals surface area contributed by atoms with Gasteiger partial charge in [-0.2, -0.15) is 0 Å². The van der Waals surface area contributed by atoms with Crippen molar-refractivity contribution in [2.24, 2.45) is 0 Å². The fourth-order valence-corrected chi connectivity index (χ4v) is 2.04. The van der Waals surface area contributed by atoms with E-state index in [2.05, 4.69) is 22.0 Å². The number of oxazole rings is 1. The zero-order chi connectivity index (χ0) is 11.5. The largest absolute Gasteiger partial charge is 0.444 e. The van der Waals surface area contributed by atoms with Crippen LogP contribution in [0, 0.1) is 0 Å². The van der Waals surface area contributed by atoms with Crippen LogP contribution in [-0.4, -0.2) is 31.3 Å². The number of anilines is 1. The minimum absolute atomic E-state index is 0.798. The molecule has 0 aliphatic carbocycles. The van der Waals surface area contributed by atoms with E-state index in [4.69, 9.17) is 9.15 Å². The van der Waals surface area contributed by atoms with Gasteiger partial charge in [-0.15, -0.1) is 0 Å². The zero-order valence-corrected chi connectivity index (χ0v) is 9.50. The molecule has 4 nitrogen and oxygen atoms in total. The van der Waals surface area contributed by atoms with Crippen molar-refractivity contribution in [3.63, 3.8) is 0 Å². The van der Waals surface area contributed by atoms with Gasteiger partial charge in [0.15, 0.2) is 12.2 Å². The Labute approximate surface area is 99.8 Å². The number of rotatable bonds is 2. The lowest BCUT2D eigenvalue weighted by Crippen LogP contribution is -2.36. The van der Waals surface area contributed by atoms with Crippen molar-refractivity contribution >= 4 is 5.69 Å². The number of hydrogen-bond acceptors (Lipinski definition) is 4. The molecule has 4 heteroatoms. The van der Waals surface area contributed by atoms with Gasteiger partial charge in [0.1, 0.15) is 0 Å². The summed E-state index contributed by atoms with van der Waals surface area (Å²) in [4.78, 5) is 6.26. The number of hydrogen-bond donors (Lipinski definition) is 0. The highest BCUT2D eigenvalue weighted by Gasteiger charge is 2.12. The van der Waals surface area contributed by atoms with Crippen molar-refractivity contribution in [1.29, 1.82) is 0 Å². The van der Waals surface area contributed by atoms with Crippen LogP contribution in [0.5, 0.6) is 0 Å². The van der Waals surface area contributed by atoms with Crippen LogP contribution in [0.3, 0.4) is 0 Å². The molecule has 1 aromatic carbocycles. The minimum Gasteiger partial charge on any atom is -0.444 e. The van der Waals surface area contributed by atoms with Gasteiger partial charge in [-0.05, 0) is 12.1 Å². The summed E-state index contributed by atoms with van der Waals surface area (Å²) in [6.45, 7) is 3.48. The molecule has 17 heavy (non-hydrogen) atoms. The molecule has 1 aliphatic heterocycles. The van der Waals surface area contributed by atoms with E-state index >= 15 is 0 Å². The lowest BCUT2D eigenvalue weighted by atomic mass is 10.1. The molecule has 88 valence electrons. The predicted molar refractivity (Wildman–Crippen MR) is 65.0 cm³/mol. The van der Waals surface area contributed by atoms with Crippen LogP contribution in [-0.2, 0) is 4.74 Å². The van der Waals surface area contributed by atoms with Crippen LogP contribution in [0.2, 0.25) is 0 Å². The zero-order valence-electron chi connectivity index (χ0n) is 9.50. The van der Waals surface area contributed by atoms with Crippen molar-refractivity contribution in [3.05, 3.63) is 36.9 Å². The molecule has 0 unspecified atom stereocenters. The first-order chi connectivity index (χ1) is 8.43. The topological polar surface area (TPSA) is 38.5 Å². The molecule has 2 heterocycles. The maximum atomic E-state index is 5.35. The molecule has 1 saturated heterocycles. The van der Waals surface area contributed by atoms with Crippen LogP contribution in [0.25, 0.3) is 11.3 Å². The third-order valence-corrected chi connectivity index (χ3v) is 2.94. The third kappa shape index (κ3) is 2.17. The first-order valence-electron chi connectivity index (χ1n) is 5.75. The molecule has 0 bridgehead atoms. The monoisotopic (exact) mass is 230 g/mol. The summed E-state index contributed by atoms with van der Waals surface area (Å²) in [6, 6.07) is 8.32. The van der Waals surface area contributed by atoms with Crippen molar-refractivity contribution in [1.82, 2.24) is 4.98 Å². The lowest BCUT2D eigenvalue weighted by Gasteiger charge is -2.29. The van der Waals surface area contributed by atoms with Crippen LogP contribution in [0.15, 0.2) is 41.3 Å². The summed E-state index contributed by atoms with van der Waals surface area (Å²) in [6.07, 6.45) is 3.19. The Balaban J connectivity index is 1.88. The Bertz CT molecular complexity index is 476. The van der Waals surface area contributed by atoms with Crippen molar-refractivity contribution in [3.8, 4) is 11.3 Å². The quantitative estimate of drug-likeness (QED) is 0.792. The van der Waals surface area contributed by atoms with Gasteiger partial charge in [-0.3, -0.25) is 0 Å². The molecular formula is C13H14N2O2. The summed E-state index contributed by atoms with van der Waals surface area (Å²) >= 11 is 0. The van der Waals surface area contributed by atoms with Crippen molar-refractivity contribution < 1.29 is 9.15 Å². The van der Waals surface area contributed by atoms with Gasteiger partial charge in [-0.1, -0.05) is 12.1 Å². The Morgan fingerprint density at radius 1 is 1.18 bits per heavy atom. The number of ether oxygens (including phenoxy) is 1. The molecule has 0 spiro atoms. The van der Waals surface area contributed by atoms with Crippen LogP contribution < -0.4 is 4.90 Å². The van der Waals surface area contributed by atoms with Crippen LogP contribution in [0.4, 0.5) is 5.69 Å².